The molecule has 1 aliphatic heterocycles. The van der Waals surface area contributed by atoms with Crippen LogP contribution in [-0.4, -0.2) is 26.1 Å². The van der Waals surface area contributed by atoms with Crippen molar-refractivity contribution in [3.8, 4) is 0 Å². The molecule has 1 aliphatic rings. The zero-order chi connectivity index (χ0) is 19.7. The lowest BCUT2D eigenvalue weighted by Crippen LogP contribution is -2.30. The van der Waals surface area contributed by atoms with Crippen molar-refractivity contribution < 1.29 is 4.42 Å². The Morgan fingerprint density at radius 2 is 2.07 bits per heavy atom. The van der Waals surface area contributed by atoms with Crippen LogP contribution < -0.4 is 5.32 Å². The highest BCUT2D eigenvalue weighted by Gasteiger charge is 2.40. The summed E-state index contributed by atoms with van der Waals surface area (Å²) in [5.74, 6) is 0.958. The number of nitrogens with one attached hydrogen (secondary N) is 1. The van der Waals surface area contributed by atoms with Crippen molar-refractivity contribution in [1.29, 1.82) is 0 Å². The van der Waals surface area contributed by atoms with Gasteiger partial charge in [0, 0.05) is 24.1 Å². The van der Waals surface area contributed by atoms with E-state index in [-0.39, 0.29) is 12.1 Å². The number of pyridine rings is 1. The molecule has 0 aliphatic carbocycles. The van der Waals surface area contributed by atoms with Crippen LogP contribution in [-0.2, 0) is 6.54 Å². The molecule has 28 heavy (non-hydrogen) atoms. The van der Waals surface area contributed by atoms with Gasteiger partial charge in [0.15, 0.2) is 5.11 Å². The van der Waals surface area contributed by atoms with Crippen LogP contribution in [0, 0.1) is 13.8 Å². The number of furan rings is 1. The lowest BCUT2D eigenvalue weighted by atomic mass is 9.96. The largest absolute Gasteiger partial charge is 0.467 e. The molecule has 4 heterocycles. The summed E-state index contributed by atoms with van der Waals surface area (Å²) >= 11 is 5.70. The van der Waals surface area contributed by atoms with Crippen molar-refractivity contribution in [2.75, 3.05) is 6.54 Å². The second-order valence-electron chi connectivity index (χ2n) is 7.31. The molecular weight excluding hydrogens is 368 g/mol. The summed E-state index contributed by atoms with van der Waals surface area (Å²) in [7, 11) is 0. The number of aryl methyl sites for hydroxylation is 1. The Morgan fingerprint density at radius 1 is 1.21 bits per heavy atom. The van der Waals surface area contributed by atoms with E-state index in [1.165, 1.54) is 17.0 Å². The minimum atomic E-state index is 0.0396. The standard InChI is InChI=1S/C22H26N4OS/c1-4-11-25-21(20(24-22(25)28)19-9-5-6-10-23-19)18-13-15(2)26(16(18)3)14-17-8-7-12-27-17/h5-10,12-13,20-21H,4,11,14H2,1-3H3,(H,24,28)/t20-,21+/m1/s1. The van der Waals surface area contributed by atoms with Crippen LogP contribution in [0.1, 0.15) is 53.8 Å². The van der Waals surface area contributed by atoms with Crippen LogP contribution >= 0.6 is 12.2 Å². The van der Waals surface area contributed by atoms with Crippen LogP contribution in [0.5, 0.6) is 0 Å². The smallest absolute Gasteiger partial charge is 0.170 e. The van der Waals surface area contributed by atoms with Crippen molar-refractivity contribution in [2.24, 2.45) is 0 Å². The number of hydrogen-bond acceptors (Lipinski definition) is 3. The molecule has 2 atom stereocenters. The van der Waals surface area contributed by atoms with Crippen LogP contribution in [0.3, 0.4) is 0 Å². The topological polar surface area (TPSA) is 46.2 Å². The summed E-state index contributed by atoms with van der Waals surface area (Å²) in [5, 5.41) is 4.33. The maximum Gasteiger partial charge on any atom is 0.170 e. The van der Waals surface area contributed by atoms with Crippen molar-refractivity contribution >= 4 is 17.3 Å². The van der Waals surface area contributed by atoms with Gasteiger partial charge in [0.25, 0.3) is 0 Å². The zero-order valence-corrected chi connectivity index (χ0v) is 17.4. The molecule has 1 saturated heterocycles. The molecule has 0 spiro atoms. The van der Waals surface area contributed by atoms with Crippen LogP contribution in [0.25, 0.3) is 0 Å². The lowest BCUT2D eigenvalue weighted by molar-refractivity contribution is 0.316. The molecule has 1 fully saturated rings. The first kappa shape index (κ1) is 18.7. The van der Waals surface area contributed by atoms with Crippen molar-refractivity contribution in [2.45, 2.75) is 45.8 Å². The molecule has 0 saturated carbocycles. The molecule has 5 nitrogen and oxygen atoms in total. The van der Waals surface area contributed by atoms with E-state index in [4.69, 9.17) is 16.6 Å². The Hall–Kier alpha value is -2.60. The van der Waals surface area contributed by atoms with Gasteiger partial charge < -0.3 is 19.2 Å². The fourth-order valence-corrected chi connectivity index (χ4v) is 4.49. The highest BCUT2D eigenvalue weighted by molar-refractivity contribution is 7.80. The van der Waals surface area contributed by atoms with E-state index >= 15 is 0 Å². The molecule has 6 heteroatoms. The SMILES string of the molecule is CCCN1C(=S)N[C@H](c2ccccn2)[C@@H]1c1cc(C)n(Cc2ccco2)c1C. The van der Waals surface area contributed by atoms with Crippen molar-refractivity contribution in [3.63, 3.8) is 0 Å². The molecule has 0 radical (unpaired) electrons. The second kappa shape index (κ2) is 7.80. The normalized spacial score (nSPS) is 19.2. The third-order valence-electron chi connectivity index (χ3n) is 5.49. The molecule has 0 aromatic carbocycles. The van der Waals surface area contributed by atoms with Gasteiger partial charge in [-0.3, -0.25) is 4.98 Å². The van der Waals surface area contributed by atoms with Gasteiger partial charge in [-0.05, 0) is 68.4 Å². The maximum atomic E-state index is 5.70. The summed E-state index contributed by atoms with van der Waals surface area (Å²) in [5.41, 5.74) is 4.77. The Morgan fingerprint density at radius 3 is 2.75 bits per heavy atom. The number of aromatic nitrogens is 2. The summed E-state index contributed by atoms with van der Waals surface area (Å²) in [6, 6.07) is 12.5. The molecule has 3 aromatic rings. The molecule has 0 amide bonds. The van der Waals surface area contributed by atoms with Crippen molar-refractivity contribution in [3.05, 3.63) is 77.3 Å². The molecule has 4 rings (SSSR count). The van der Waals surface area contributed by atoms with Gasteiger partial charge in [0.2, 0.25) is 0 Å². The quantitative estimate of drug-likeness (QED) is 0.623. The lowest BCUT2D eigenvalue weighted by Gasteiger charge is -2.27. The first-order valence-electron chi connectivity index (χ1n) is 9.77. The zero-order valence-electron chi connectivity index (χ0n) is 16.6. The van der Waals surface area contributed by atoms with E-state index in [1.807, 2.05) is 30.5 Å². The van der Waals surface area contributed by atoms with Crippen LogP contribution in [0.15, 0.2) is 53.3 Å². The third kappa shape index (κ3) is 3.33. The van der Waals surface area contributed by atoms with Gasteiger partial charge in [0.05, 0.1) is 30.6 Å². The summed E-state index contributed by atoms with van der Waals surface area (Å²) in [6.45, 7) is 8.18. The van der Waals surface area contributed by atoms with E-state index in [9.17, 15) is 0 Å². The second-order valence-corrected chi connectivity index (χ2v) is 7.70. The van der Waals surface area contributed by atoms with Gasteiger partial charge in [0.1, 0.15) is 5.76 Å². The Balaban J connectivity index is 1.76. The Bertz CT molecular complexity index is 949. The number of nitrogens with zero attached hydrogens (tertiary/aromatic N) is 3. The monoisotopic (exact) mass is 394 g/mol. The minimum Gasteiger partial charge on any atom is -0.467 e. The van der Waals surface area contributed by atoms with E-state index in [0.29, 0.717) is 0 Å². The van der Waals surface area contributed by atoms with Crippen LogP contribution in [0.2, 0.25) is 0 Å². The number of rotatable bonds is 6. The highest BCUT2D eigenvalue weighted by Crippen LogP contribution is 2.40. The van der Waals surface area contributed by atoms with E-state index in [2.05, 4.69) is 52.7 Å². The predicted octanol–water partition coefficient (Wildman–Crippen LogP) is 4.52. The highest BCUT2D eigenvalue weighted by atomic mass is 32.1. The minimum absolute atomic E-state index is 0.0396. The van der Waals surface area contributed by atoms with Gasteiger partial charge in [-0.15, -0.1) is 0 Å². The molecular formula is C22H26N4OS. The van der Waals surface area contributed by atoms with E-state index in [0.717, 1.165) is 36.1 Å². The third-order valence-corrected chi connectivity index (χ3v) is 5.84. The van der Waals surface area contributed by atoms with Gasteiger partial charge >= 0.3 is 0 Å². The molecule has 146 valence electrons. The van der Waals surface area contributed by atoms with Gasteiger partial charge in [-0.1, -0.05) is 13.0 Å². The molecule has 0 bridgehead atoms. The first-order chi connectivity index (χ1) is 13.6. The summed E-state index contributed by atoms with van der Waals surface area (Å²) < 4.78 is 7.89. The molecule has 3 aromatic heterocycles. The predicted molar refractivity (Wildman–Crippen MR) is 114 cm³/mol. The summed E-state index contributed by atoms with van der Waals surface area (Å²) in [6.07, 6.45) is 4.61. The average molecular weight is 395 g/mol. The maximum absolute atomic E-state index is 5.70. The van der Waals surface area contributed by atoms with E-state index < -0.39 is 0 Å². The summed E-state index contributed by atoms with van der Waals surface area (Å²) in [4.78, 5) is 6.93. The molecule has 0 unspecified atom stereocenters. The molecule has 1 N–H and O–H groups in total. The Kier molecular flexibility index (Phi) is 5.22. The number of hydrogen-bond donors (Lipinski definition) is 1. The fourth-order valence-electron chi connectivity index (χ4n) is 4.15. The fraction of sp³-hybridized carbons (Fsp3) is 0.364. The number of thiocarbonyl (C=S) groups is 1. The average Bonchev–Trinajstić information content (AvgIpc) is 3.39. The van der Waals surface area contributed by atoms with Gasteiger partial charge in [-0.2, -0.15) is 0 Å². The van der Waals surface area contributed by atoms with Gasteiger partial charge in [-0.25, -0.2) is 0 Å². The first-order valence-corrected chi connectivity index (χ1v) is 10.2. The Labute approximate surface area is 171 Å². The van der Waals surface area contributed by atoms with Crippen molar-refractivity contribution in [1.82, 2.24) is 19.8 Å². The van der Waals surface area contributed by atoms with Crippen LogP contribution in [0.4, 0.5) is 0 Å². The van der Waals surface area contributed by atoms with E-state index in [1.54, 1.807) is 6.26 Å².